The average molecular weight is 386 g/mol. The minimum absolute atomic E-state index is 0.127. The maximum absolute atomic E-state index is 12.4. The van der Waals surface area contributed by atoms with E-state index in [2.05, 4.69) is 35.4 Å². The van der Waals surface area contributed by atoms with E-state index < -0.39 is 0 Å². The number of halogens is 1. The molecule has 0 unspecified atom stereocenters. The normalized spacial score (nSPS) is 15.9. The maximum atomic E-state index is 12.4. The third-order valence-electron chi connectivity index (χ3n) is 5.15. The van der Waals surface area contributed by atoms with Gasteiger partial charge in [-0.05, 0) is 81.7 Å². The van der Waals surface area contributed by atoms with Crippen LogP contribution in [0.1, 0.15) is 42.6 Å². The van der Waals surface area contributed by atoms with Crippen LogP contribution in [0.2, 0.25) is 5.02 Å². The van der Waals surface area contributed by atoms with E-state index in [0.29, 0.717) is 22.7 Å². The van der Waals surface area contributed by atoms with Gasteiger partial charge >= 0.3 is 0 Å². The molecule has 2 aromatic rings. The van der Waals surface area contributed by atoms with Gasteiger partial charge in [0.1, 0.15) is 0 Å². The Morgan fingerprint density at radius 1 is 1.15 bits per heavy atom. The van der Waals surface area contributed by atoms with Gasteiger partial charge in [0.15, 0.2) is 0 Å². The molecule has 1 saturated heterocycles. The Morgan fingerprint density at radius 3 is 2.52 bits per heavy atom. The summed E-state index contributed by atoms with van der Waals surface area (Å²) in [7, 11) is 0. The number of benzene rings is 2. The Bertz CT molecular complexity index is 752. The predicted octanol–water partition coefficient (Wildman–Crippen LogP) is 4.55. The van der Waals surface area contributed by atoms with E-state index in [9.17, 15) is 4.79 Å². The van der Waals surface area contributed by atoms with Crippen LogP contribution in [0.3, 0.4) is 0 Å². The number of hydrogen-bond donors (Lipinski definition) is 2. The molecule has 1 aliphatic heterocycles. The van der Waals surface area contributed by atoms with Crippen molar-refractivity contribution in [2.45, 2.75) is 45.3 Å². The highest BCUT2D eigenvalue weighted by Crippen LogP contribution is 2.16. The van der Waals surface area contributed by atoms with Crippen molar-refractivity contribution >= 4 is 23.2 Å². The summed E-state index contributed by atoms with van der Waals surface area (Å²) in [6.07, 6.45) is 2.37. The number of carbonyl (C=O) groups is 1. The lowest BCUT2D eigenvalue weighted by atomic mass is 10.0. The number of amides is 1. The van der Waals surface area contributed by atoms with Gasteiger partial charge in [0.2, 0.25) is 0 Å². The molecule has 1 amide bonds. The van der Waals surface area contributed by atoms with E-state index >= 15 is 0 Å². The van der Waals surface area contributed by atoms with Gasteiger partial charge in [0, 0.05) is 34.9 Å². The van der Waals surface area contributed by atoms with Crippen LogP contribution in [0.25, 0.3) is 0 Å². The molecule has 144 valence electrons. The molecule has 0 radical (unpaired) electrons. The SMILES string of the molecule is CC(C)N1CCC(NCc2cccc(NC(=O)c3ccc(Cl)cc3)c2)CC1. The molecule has 3 rings (SSSR count). The number of rotatable bonds is 6. The van der Waals surface area contributed by atoms with Crippen molar-refractivity contribution in [1.82, 2.24) is 10.2 Å². The van der Waals surface area contributed by atoms with Crippen LogP contribution in [0.15, 0.2) is 48.5 Å². The topological polar surface area (TPSA) is 44.4 Å². The van der Waals surface area contributed by atoms with Crippen LogP contribution in [0.4, 0.5) is 5.69 Å². The Balaban J connectivity index is 1.51. The zero-order chi connectivity index (χ0) is 19.2. The lowest BCUT2D eigenvalue weighted by Gasteiger charge is -2.35. The maximum Gasteiger partial charge on any atom is 0.255 e. The molecule has 1 fully saturated rings. The molecule has 0 aliphatic carbocycles. The van der Waals surface area contributed by atoms with E-state index in [1.807, 2.05) is 18.2 Å². The fourth-order valence-electron chi connectivity index (χ4n) is 3.45. The molecule has 1 aliphatic rings. The van der Waals surface area contributed by atoms with Gasteiger partial charge in [-0.1, -0.05) is 23.7 Å². The zero-order valence-corrected chi connectivity index (χ0v) is 16.8. The monoisotopic (exact) mass is 385 g/mol. The summed E-state index contributed by atoms with van der Waals surface area (Å²) in [6.45, 7) is 7.66. The Labute approximate surface area is 166 Å². The summed E-state index contributed by atoms with van der Waals surface area (Å²) in [6, 6.07) is 16.1. The van der Waals surface area contributed by atoms with Crippen molar-refractivity contribution in [3.8, 4) is 0 Å². The van der Waals surface area contributed by atoms with Gasteiger partial charge in [-0.15, -0.1) is 0 Å². The highest BCUT2D eigenvalue weighted by Gasteiger charge is 2.20. The molecule has 0 spiro atoms. The van der Waals surface area contributed by atoms with Crippen molar-refractivity contribution in [2.75, 3.05) is 18.4 Å². The number of nitrogens with one attached hydrogen (secondary N) is 2. The number of piperidine rings is 1. The molecular weight excluding hydrogens is 358 g/mol. The van der Waals surface area contributed by atoms with Gasteiger partial charge in [0.05, 0.1) is 0 Å². The third kappa shape index (κ3) is 5.80. The van der Waals surface area contributed by atoms with E-state index in [0.717, 1.165) is 25.3 Å². The molecule has 2 aromatic carbocycles. The first-order valence-electron chi connectivity index (χ1n) is 9.64. The van der Waals surface area contributed by atoms with Crippen LogP contribution >= 0.6 is 11.6 Å². The fraction of sp³-hybridized carbons (Fsp3) is 0.409. The zero-order valence-electron chi connectivity index (χ0n) is 16.0. The van der Waals surface area contributed by atoms with E-state index in [-0.39, 0.29) is 5.91 Å². The minimum atomic E-state index is -0.127. The van der Waals surface area contributed by atoms with Gasteiger partial charge in [0.25, 0.3) is 5.91 Å². The van der Waals surface area contributed by atoms with Crippen LogP contribution < -0.4 is 10.6 Å². The van der Waals surface area contributed by atoms with Gasteiger partial charge in [-0.25, -0.2) is 0 Å². The summed E-state index contributed by atoms with van der Waals surface area (Å²) in [5, 5.41) is 7.24. The van der Waals surface area contributed by atoms with Crippen LogP contribution in [0, 0.1) is 0 Å². The molecule has 1 heterocycles. The summed E-state index contributed by atoms with van der Waals surface area (Å²) >= 11 is 5.88. The minimum Gasteiger partial charge on any atom is -0.322 e. The Hall–Kier alpha value is -1.88. The highest BCUT2D eigenvalue weighted by atomic mass is 35.5. The standard InChI is InChI=1S/C22H28ClN3O/c1-16(2)26-12-10-20(11-13-26)24-15-17-4-3-5-21(14-17)25-22(27)18-6-8-19(23)9-7-18/h3-9,14,16,20,24H,10-13,15H2,1-2H3,(H,25,27). The van der Waals surface area contributed by atoms with Crippen molar-refractivity contribution in [3.05, 3.63) is 64.7 Å². The molecule has 2 N–H and O–H groups in total. The lowest BCUT2D eigenvalue weighted by Crippen LogP contribution is -2.44. The van der Waals surface area contributed by atoms with Crippen molar-refractivity contribution in [1.29, 1.82) is 0 Å². The molecular formula is C22H28ClN3O. The summed E-state index contributed by atoms with van der Waals surface area (Å²) < 4.78 is 0. The van der Waals surface area contributed by atoms with Gasteiger partial charge in [-0.2, -0.15) is 0 Å². The summed E-state index contributed by atoms with van der Waals surface area (Å²) in [5.74, 6) is -0.127. The number of anilines is 1. The Kier molecular flexibility index (Phi) is 6.89. The van der Waals surface area contributed by atoms with Crippen molar-refractivity contribution < 1.29 is 4.79 Å². The van der Waals surface area contributed by atoms with Crippen LogP contribution in [-0.2, 0) is 6.54 Å². The number of carbonyl (C=O) groups excluding carboxylic acids is 1. The van der Waals surface area contributed by atoms with Crippen molar-refractivity contribution in [2.24, 2.45) is 0 Å². The predicted molar refractivity (Wildman–Crippen MR) is 112 cm³/mol. The first-order chi connectivity index (χ1) is 13.0. The average Bonchev–Trinajstić information content (AvgIpc) is 2.67. The van der Waals surface area contributed by atoms with Crippen LogP contribution in [-0.4, -0.2) is 36.0 Å². The van der Waals surface area contributed by atoms with Gasteiger partial charge < -0.3 is 15.5 Å². The second kappa shape index (κ2) is 9.36. The summed E-state index contributed by atoms with van der Waals surface area (Å²) in [4.78, 5) is 14.9. The van der Waals surface area contributed by atoms with E-state index in [1.165, 1.54) is 18.4 Å². The smallest absolute Gasteiger partial charge is 0.255 e. The van der Waals surface area contributed by atoms with Gasteiger partial charge in [-0.3, -0.25) is 4.79 Å². The third-order valence-corrected chi connectivity index (χ3v) is 5.40. The second-order valence-corrected chi connectivity index (χ2v) is 7.88. The van der Waals surface area contributed by atoms with E-state index in [1.54, 1.807) is 24.3 Å². The highest BCUT2D eigenvalue weighted by molar-refractivity contribution is 6.30. The molecule has 0 saturated carbocycles. The van der Waals surface area contributed by atoms with Crippen molar-refractivity contribution in [3.63, 3.8) is 0 Å². The molecule has 0 aromatic heterocycles. The first-order valence-corrected chi connectivity index (χ1v) is 10.0. The molecule has 4 nitrogen and oxygen atoms in total. The second-order valence-electron chi connectivity index (χ2n) is 7.45. The quantitative estimate of drug-likeness (QED) is 0.766. The molecule has 5 heteroatoms. The van der Waals surface area contributed by atoms with E-state index in [4.69, 9.17) is 11.6 Å². The molecule has 27 heavy (non-hydrogen) atoms. The number of hydrogen-bond acceptors (Lipinski definition) is 3. The number of likely N-dealkylation sites (tertiary alicyclic amines) is 1. The Morgan fingerprint density at radius 2 is 1.85 bits per heavy atom. The molecule has 0 atom stereocenters. The summed E-state index contributed by atoms with van der Waals surface area (Å²) in [5.41, 5.74) is 2.58. The van der Waals surface area contributed by atoms with Crippen LogP contribution in [0.5, 0.6) is 0 Å². The fourth-order valence-corrected chi connectivity index (χ4v) is 3.57. The molecule has 0 bridgehead atoms. The lowest BCUT2D eigenvalue weighted by molar-refractivity contribution is 0.102. The number of nitrogens with zero attached hydrogens (tertiary/aromatic N) is 1. The first kappa shape index (κ1) is 19.9. The largest absolute Gasteiger partial charge is 0.322 e.